The fourth-order valence-electron chi connectivity index (χ4n) is 3.21. The summed E-state index contributed by atoms with van der Waals surface area (Å²) in [5.74, 6) is 1.03. The summed E-state index contributed by atoms with van der Waals surface area (Å²) in [5, 5.41) is 0.677. The highest BCUT2D eigenvalue weighted by Gasteiger charge is 2.55. The van der Waals surface area contributed by atoms with E-state index >= 15 is 0 Å². The lowest BCUT2D eigenvalue weighted by atomic mass is 9.97. The van der Waals surface area contributed by atoms with Crippen molar-refractivity contribution in [2.75, 3.05) is 12.3 Å². The van der Waals surface area contributed by atoms with Gasteiger partial charge in [0.2, 0.25) is 0 Å². The second-order valence-electron chi connectivity index (χ2n) is 4.98. The summed E-state index contributed by atoms with van der Waals surface area (Å²) in [4.78, 5) is 14.2. The molecule has 0 N–H and O–H groups in total. The summed E-state index contributed by atoms with van der Waals surface area (Å²) in [7, 11) is 0. The Bertz CT molecular complexity index is 703. The third-order valence-corrected chi connectivity index (χ3v) is 5.78. The van der Waals surface area contributed by atoms with Gasteiger partial charge in [-0.25, -0.2) is 0 Å². The Morgan fingerprint density at radius 1 is 1.10 bits per heavy atom. The van der Waals surface area contributed by atoms with Crippen LogP contribution in [-0.4, -0.2) is 23.1 Å². The number of rotatable bonds is 1. The average Bonchev–Trinajstić information content (AvgIpc) is 3.01. The zero-order chi connectivity index (χ0) is 13.7. The van der Waals surface area contributed by atoms with Crippen molar-refractivity contribution in [3.05, 3.63) is 70.2 Å². The third-order valence-electron chi connectivity index (χ3n) is 4.00. The molecule has 20 heavy (non-hydrogen) atoms. The van der Waals surface area contributed by atoms with E-state index in [2.05, 4.69) is 12.1 Å². The maximum atomic E-state index is 12.7. The first-order valence-electron chi connectivity index (χ1n) is 6.55. The van der Waals surface area contributed by atoms with Crippen LogP contribution >= 0.6 is 23.4 Å². The van der Waals surface area contributed by atoms with Crippen molar-refractivity contribution in [1.82, 2.24) is 4.90 Å². The van der Waals surface area contributed by atoms with Gasteiger partial charge in [-0.05, 0) is 17.7 Å². The van der Waals surface area contributed by atoms with E-state index in [1.165, 1.54) is 0 Å². The minimum Gasteiger partial charge on any atom is -0.315 e. The molecule has 4 rings (SSSR count). The molecule has 0 radical (unpaired) electrons. The number of carbonyl (C=O) groups is 1. The van der Waals surface area contributed by atoms with Crippen LogP contribution in [0.1, 0.15) is 21.5 Å². The fourth-order valence-corrected chi connectivity index (χ4v) is 5.15. The zero-order valence-electron chi connectivity index (χ0n) is 10.7. The molecule has 1 saturated heterocycles. The van der Waals surface area contributed by atoms with Crippen molar-refractivity contribution in [3.8, 4) is 0 Å². The van der Waals surface area contributed by atoms with E-state index in [9.17, 15) is 4.79 Å². The number of benzene rings is 2. The standard InChI is InChI=1S/C16H12ClNOS/c17-13-8-4-7-12-14(13)16(11-5-2-1-3-6-11)18(15(12)19)9-10-20-16/h1-8H,9-10H2. The van der Waals surface area contributed by atoms with Crippen molar-refractivity contribution < 1.29 is 4.79 Å². The lowest BCUT2D eigenvalue weighted by molar-refractivity contribution is 0.0752. The molecule has 2 aliphatic heterocycles. The quantitative estimate of drug-likeness (QED) is 0.799. The summed E-state index contributed by atoms with van der Waals surface area (Å²) >= 11 is 8.24. The average molecular weight is 302 g/mol. The molecular formula is C16H12ClNOS. The van der Waals surface area contributed by atoms with Gasteiger partial charge >= 0.3 is 0 Å². The van der Waals surface area contributed by atoms with Crippen LogP contribution in [0.3, 0.4) is 0 Å². The Balaban J connectivity index is 2.06. The summed E-state index contributed by atoms with van der Waals surface area (Å²) in [5.41, 5.74) is 2.83. The minimum atomic E-state index is -0.438. The number of fused-ring (bicyclic) bond motifs is 3. The van der Waals surface area contributed by atoms with Crippen LogP contribution in [0.4, 0.5) is 0 Å². The highest BCUT2D eigenvalue weighted by Crippen LogP contribution is 2.56. The van der Waals surface area contributed by atoms with Crippen LogP contribution in [0, 0.1) is 0 Å². The zero-order valence-corrected chi connectivity index (χ0v) is 12.2. The molecule has 0 aliphatic carbocycles. The van der Waals surface area contributed by atoms with E-state index in [0.717, 1.165) is 29.0 Å². The first-order valence-corrected chi connectivity index (χ1v) is 7.92. The predicted molar refractivity (Wildman–Crippen MR) is 82.2 cm³/mol. The number of thioether (sulfide) groups is 1. The van der Waals surface area contributed by atoms with Gasteiger partial charge in [-0.3, -0.25) is 4.79 Å². The molecule has 100 valence electrons. The van der Waals surface area contributed by atoms with Gasteiger partial charge in [0.15, 0.2) is 0 Å². The largest absolute Gasteiger partial charge is 0.315 e. The fraction of sp³-hybridized carbons (Fsp3) is 0.188. The Morgan fingerprint density at radius 3 is 2.70 bits per heavy atom. The predicted octanol–water partition coefficient (Wildman–Crippen LogP) is 3.74. The normalized spacial score (nSPS) is 23.9. The van der Waals surface area contributed by atoms with E-state index in [4.69, 9.17) is 11.6 Å². The summed E-state index contributed by atoms with van der Waals surface area (Å²) < 4.78 is 0. The van der Waals surface area contributed by atoms with Crippen molar-refractivity contribution in [3.63, 3.8) is 0 Å². The van der Waals surface area contributed by atoms with Gasteiger partial charge in [0.25, 0.3) is 5.91 Å². The Hall–Kier alpha value is -1.45. The Morgan fingerprint density at radius 2 is 1.90 bits per heavy atom. The number of hydrogen-bond acceptors (Lipinski definition) is 2. The van der Waals surface area contributed by atoms with Crippen molar-refractivity contribution >= 4 is 29.3 Å². The summed E-state index contributed by atoms with van der Waals surface area (Å²) in [6.45, 7) is 0.767. The van der Waals surface area contributed by atoms with Crippen LogP contribution in [0.15, 0.2) is 48.5 Å². The van der Waals surface area contributed by atoms with Gasteiger partial charge in [0.05, 0.1) is 0 Å². The monoisotopic (exact) mass is 301 g/mol. The maximum Gasteiger partial charge on any atom is 0.256 e. The van der Waals surface area contributed by atoms with E-state index < -0.39 is 4.87 Å². The van der Waals surface area contributed by atoms with Crippen LogP contribution < -0.4 is 0 Å². The van der Waals surface area contributed by atoms with Crippen LogP contribution in [0.5, 0.6) is 0 Å². The molecule has 1 atom stereocenters. The minimum absolute atomic E-state index is 0.0938. The Kier molecular flexibility index (Phi) is 2.63. The number of amides is 1. The second-order valence-corrected chi connectivity index (χ2v) is 6.67. The highest BCUT2D eigenvalue weighted by atomic mass is 35.5. The summed E-state index contributed by atoms with van der Waals surface area (Å²) in [6.07, 6.45) is 0. The van der Waals surface area contributed by atoms with E-state index in [-0.39, 0.29) is 5.91 Å². The maximum absolute atomic E-state index is 12.7. The number of nitrogens with zero attached hydrogens (tertiary/aromatic N) is 1. The molecule has 0 aromatic heterocycles. The molecule has 0 bridgehead atoms. The van der Waals surface area contributed by atoms with Gasteiger partial charge in [0.1, 0.15) is 4.87 Å². The Labute approximate surface area is 126 Å². The van der Waals surface area contributed by atoms with E-state index in [0.29, 0.717) is 5.02 Å². The molecule has 1 unspecified atom stereocenters. The molecule has 0 saturated carbocycles. The third kappa shape index (κ3) is 1.40. The van der Waals surface area contributed by atoms with E-state index in [1.807, 2.05) is 41.3 Å². The smallest absolute Gasteiger partial charge is 0.256 e. The van der Waals surface area contributed by atoms with E-state index in [1.54, 1.807) is 11.8 Å². The number of halogens is 1. The molecule has 2 aliphatic rings. The molecule has 2 aromatic rings. The van der Waals surface area contributed by atoms with Gasteiger partial charge in [0, 0.05) is 28.4 Å². The van der Waals surface area contributed by atoms with Gasteiger partial charge < -0.3 is 4.90 Å². The molecule has 2 nitrogen and oxygen atoms in total. The van der Waals surface area contributed by atoms with Crippen molar-refractivity contribution in [2.45, 2.75) is 4.87 Å². The van der Waals surface area contributed by atoms with Gasteiger partial charge in [-0.15, -0.1) is 11.8 Å². The highest BCUT2D eigenvalue weighted by molar-refractivity contribution is 8.00. The molecular weight excluding hydrogens is 290 g/mol. The first kappa shape index (κ1) is 12.3. The second kappa shape index (κ2) is 4.27. The van der Waals surface area contributed by atoms with Crippen molar-refractivity contribution in [2.24, 2.45) is 0 Å². The molecule has 1 amide bonds. The first-order chi connectivity index (χ1) is 9.75. The van der Waals surface area contributed by atoms with Gasteiger partial charge in [-0.2, -0.15) is 0 Å². The lowest BCUT2D eigenvalue weighted by Crippen LogP contribution is -2.37. The summed E-state index contributed by atoms with van der Waals surface area (Å²) in [6, 6.07) is 15.8. The van der Waals surface area contributed by atoms with Crippen LogP contribution in [0.25, 0.3) is 0 Å². The number of hydrogen-bond donors (Lipinski definition) is 0. The van der Waals surface area contributed by atoms with Gasteiger partial charge in [-0.1, -0.05) is 48.0 Å². The number of carbonyl (C=O) groups excluding carboxylic acids is 1. The van der Waals surface area contributed by atoms with Crippen LogP contribution in [-0.2, 0) is 4.87 Å². The molecule has 4 heteroatoms. The lowest BCUT2D eigenvalue weighted by Gasteiger charge is -2.32. The molecule has 2 heterocycles. The van der Waals surface area contributed by atoms with Crippen LogP contribution in [0.2, 0.25) is 5.02 Å². The molecule has 0 spiro atoms. The topological polar surface area (TPSA) is 20.3 Å². The molecule has 2 aromatic carbocycles. The van der Waals surface area contributed by atoms with Crippen molar-refractivity contribution in [1.29, 1.82) is 0 Å². The molecule has 1 fully saturated rings. The SMILES string of the molecule is O=C1c2cccc(Cl)c2C2(c3ccccc3)SCCN12.